The number of amides is 1. The first-order valence-corrected chi connectivity index (χ1v) is 10.4. The van der Waals surface area contributed by atoms with Crippen LogP contribution in [-0.2, 0) is 14.8 Å². The summed E-state index contributed by atoms with van der Waals surface area (Å²) < 4.78 is 32.3. The second-order valence-electron chi connectivity index (χ2n) is 6.11. The first-order valence-electron chi connectivity index (χ1n) is 8.24. The van der Waals surface area contributed by atoms with Gasteiger partial charge in [0.15, 0.2) is 0 Å². The van der Waals surface area contributed by atoms with E-state index in [2.05, 4.69) is 5.32 Å². The molecule has 0 atom stereocenters. The Balaban J connectivity index is 1.93. The van der Waals surface area contributed by atoms with Crippen molar-refractivity contribution >= 4 is 44.8 Å². The van der Waals surface area contributed by atoms with E-state index in [0.717, 1.165) is 5.56 Å². The number of halogens is 2. The molecule has 0 saturated carbocycles. The highest BCUT2D eigenvalue weighted by atomic mass is 35.5. The summed E-state index contributed by atoms with van der Waals surface area (Å²) >= 11 is 12.3. The average molecular weight is 429 g/mol. The Morgan fingerprint density at radius 2 is 1.74 bits per heavy atom. The van der Waals surface area contributed by atoms with Crippen molar-refractivity contribution in [1.29, 1.82) is 0 Å². The summed E-state index contributed by atoms with van der Waals surface area (Å²) in [6.07, 6.45) is 0. The summed E-state index contributed by atoms with van der Waals surface area (Å²) in [7, 11) is -3.89. The van der Waals surface area contributed by atoms with E-state index in [0.29, 0.717) is 18.9 Å². The number of hydrogen-bond acceptors (Lipinski definition) is 4. The molecule has 2 aromatic carbocycles. The number of hydrogen-bond donors (Lipinski definition) is 1. The lowest BCUT2D eigenvalue weighted by atomic mass is 10.2. The van der Waals surface area contributed by atoms with Gasteiger partial charge in [-0.3, -0.25) is 4.79 Å². The number of benzene rings is 2. The van der Waals surface area contributed by atoms with E-state index in [1.807, 2.05) is 19.1 Å². The average Bonchev–Trinajstić information content (AvgIpc) is 2.66. The summed E-state index contributed by atoms with van der Waals surface area (Å²) in [6, 6.07) is 9.85. The fourth-order valence-corrected chi connectivity index (χ4v) is 4.85. The number of aryl methyl sites for hydroxylation is 1. The zero-order valence-electron chi connectivity index (χ0n) is 14.5. The maximum absolute atomic E-state index is 12.9. The monoisotopic (exact) mass is 428 g/mol. The molecule has 1 saturated heterocycles. The van der Waals surface area contributed by atoms with E-state index in [1.54, 1.807) is 12.1 Å². The zero-order valence-corrected chi connectivity index (χ0v) is 16.9. The molecule has 1 N–H and O–H groups in total. The van der Waals surface area contributed by atoms with Crippen molar-refractivity contribution in [1.82, 2.24) is 4.31 Å². The second-order valence-corrected chi connectivity index (χ2v) is 8.80. The highest BCUT2D eigenvalue weighted by molar-refractivity contribution is 7.89. The van der Waals surface area contributed by atoms with Crippen LogP contribution in [0.25, 0.3) is 0 Å². The van der Waals surface area contributed by atoms with Crippen molar-refractivity contribution < 1.29 is 17.9 Å². The molecule has 1 aliphatic rings. The number of ether oxygens (including phenoxy) is 1. The largest absolute Gasteiger partial charge is 0.379 e. The summed E-state index contributed by atoms with van der Waals surface area (Å²) in [4.78, 5) is 12.4. The molecular formula is C18H18Cl2N2O4S. The molecule has 1 heterocycles. The Labute approximate surface area is 168 Å². The molecule has 9 heteroatoms. The lowest BCUT2D eigenvalue weighted by molar-refractivity contribution is 0.0730. The van der Waals surface area contributed by atoms with Crippen LogP contribution in [0.3, 0.4) is 0 Å². The van der Waals surface area contributed by atoms with Gasteiger partial charge in [0.25, 0.3) is 5.91 Å². The van der Waals surface area contributed by atoms with Gasteiger partial charge in [-0.25, -0.2) is 8.42 Å². The first-order chi connectivity index (χ1) is 12.8. The molecule has 1 aliphatic heterocycles. The summed E-state index contributed by atoms with van der Waals surface area (Å²) in [5.74, 6) is -0.476. The van der Waals surface area contributed by atoms with Crippen LogP contribution in [0.2, 0.25) is 10.0 Å². The fourth-order valence-electron chi connectivity index (χ4n) is 2.65. The molecule has 0 radical (unpaired) electrons. The quantitative estimate of drug-likeness (QED) is 0.807. The Morgan fingerprint density at radius 1 is 1.11 bits per heavy atom. The Morgan fingerprint density at radius 3 is 2.37 bits per heavy atom. The number of anilines is 1. The van der Waals surface area contributed by atoms with Gasteiger partial charge in [-0.1, -0.05) is 40.9 Å². The van der Waals surface area contributed by atoms with Gasteiger partial charge in [-0.2, -0.15) is 4.31 Å². The smallest absolute Gasteiger partial charge is 0.255 e. The van der Waals surface area contributed by atoms with E-state index in [9.17, 15) is 13.2 Å². The molecular weight excluding hydrogens is 411 g/mol. The Hall–Kier alpha value is -1.64. The van der Waals surface area contributed by atoms with E-state index < -0.39 is 15.9 Å². The van der Waals surface area contributed by atoms with Crippen molar-refractivity contribution in [3.8, 4) is 0 Å². The number of carbonyl (C=O) groups excluding carboxylic acids is 1. The van der Waals surface area contributed by atoms with Crippen LogP contribution in [0.15, 0.2) is 41.3 Å². The maximum atomic E-state index is 12.9. The summed E-state index contributed by atoms with van der Waals surface area (Å²) in [6.45, 7) is 2.98. The van der Waals surface area contributed by atoms with Crippen molar-refractivity contribution in [2.24, 2.45) is 0 Å². The minimum absolute atomic E-state index is 0.0000530. The van der Waals surface area contributed by atoms with Crippen LogP contribution in [0.1, 0.15) is 15.9 Å². The lowest BCUT2D eigenvalue weighted by Gasteiger charge is -2.26. The zero-order chi connectivity index (χ0) is 19.6. The van der Waals surface area contributed by atoms with Gasteiger partial charge in [0.2, 0.25) is 10.0 Å². The van der Waals surface area contributed by atoms with Gasteiger partial charge in [0.1, 0.15) is 4.90 Å². The standard InChI is InChI=1S/C18H18Cl2N2O4S/c1-12-2-4-14(5-3-12)21-18(23)13-10-15(19)17(20)16(11-13)27(24,25)22-6-8-26-9-7-22/h2-5,10-11H,6-9H2,1H3,(H,21,23). The normalized spacial score (nSPS) is 15.5. The Kier molecular flexibility index (Phi) is 6.08. The molecule has 6 nitrogen and oxygen atoms in total. The van der Waals surface area contributed by atoms with E-state index in [-0.39, 0.29) is 33.6 Å². The molecule has 1 amide bonds. The number of nitrogens with zero attached hydrogens (tertiary/aromatic N) is 1. The predicted octanol–water partition coefficient (Wildman–Crippen LogP) is 3.58. The number of morpholine rings is 1. The van der Waals surface area contributed by atoms with Gasteiger partial charge < -0.3 is 10.1 Å². The maximum Gasteiger partial charge on any atom is 0.255 e. The molecule has 144 valence electrons. The topological polar surface area (TPSA) is 75.7 Å². The number of nitrogens with one attached hydrogen (secondary N) is 1. The highest BCUT2D eigenvalue weighted by Gasteiger charge is 2.30. The van der Waals surface area contributed by atoms with Crippen LogP contribution in [0.4, 0.5) is 5.69 Å². The van der Waals surface area contributed by atoms with Gasteiger partial charge in [-0.15, -0.1) is 0 Å². The van der Waals surface area contributed by atoms with Crippen LogP contribution in [0.5, 0.6) is 0 Å². The summed E-state index contributed by atoms with van der Waals surface area (Å²) in [5.41, 5.74) is 1.76. The number of carbonyl (C=O) groups is 1. The first kappa shape index (κ1) is 20.1. The third kappa shape index (κ3) is 4.44. The minimum Gasteiger partial charge on any atom is -0.379 e. The van der Waals surface area contributed by atoms with E-state index >= 15 is 0 Å². The predicted molar refractivity (Wildman–Crippen MR) is 105 cm³/mol. The molecule has 0 bridgehead atoms. The van der Waals surface area contributed by atoms with E-state index in [4.69, 9.17) is 27.9 Å². The molecule has 0 unspecified atom stereocenters. The molecule has 0 spiro atoms. The highest BCUT2D eigenvalue weighted by Crippen LogP contribution is 2.33. The number of rotatable bonds is 4. The third-order valence-corrected chi connectivity index (χ3v) is 6.99. The molecule has 2 aromatic rings. The minimum atomic E-state index is -3.89. The van der Waals surface area contributed by atoms with Gasteiger partial charge in [0.05, 0.1) is 23.3 Å². The van der Waals surface area contributed by atoms with Crippen molar-refractivity contribution in [3.63, 3.8) is 0 Å². The van der Waals surface area contributed by atoms with Gasteiger partial charge in [-0.05, 0) is 31.2 Å². The molecule has 27 heavy (non-hydrogen) atoms. The molecule has 3 rings (SSSR count). The van der Waals surface area contributed by atoms with Crippen molar-refractivity contribution in [2.45, 2.75) is 11.8 Å². The second kappa shape index (κ2) is 8.16. The Bertz CT molecular complexity index is 956. The van der Waals surface area contributed by atoms with Gasteiger partial charge >= 0.3 is 0 Å². The summed E-state index contributed by atoms with van der Waals surface area (Å²) in [5, 5.41) is 2.62. The molecule has 1 fully saturated rings. The van der Waals surface area contributed by atoms with Crippen LogP contribution >= 0.6 is 23.2 Å². The van der Waals surface area contributed by atoms with Gasteiger partial charge in [0, 0.05) is 24.3 Å². The van der Waals surface area contributed by atoms with Crippen LogP contribution in [0, 0.1) is 6.92 Å². The van der Waals surface area contributed by atoms with Crippen LogP contribution < -0.4 is 5.32 Å². The van der Waals surface area contributed by atoms with Crippen molar-refractivity contribution in [2.75, 3.05) is 31.6 Å². The van der Waals surface area contributed by atoms with E-state index in [1.165, 1.54) is 16.4 Å². The molecule has 0 aromatic heterocycles. The van der Waals surface area contributed by atoms with Crippen molar-refractivity contribution in [3.05, 3.63) is 57.6 Å². The number of sulfonamides is 1. The van der Waals surface area contributed by atoms with Crippen LogP contribution in [-0.4, -0.2) is 44.9 Å². The SMILES string of the molecule is Cc1ccc(NC(=O)c2cc(Cl)c(Cl)c(S(=O)(=O)N3CCOCC3)c2)cc1. The molecule has 0 aliphatic carbocycles. The lowest BCUT2D eigenvalue weighted by Crippen LogP contribution is -2.40. The fraction of sp³-hybridized carbons (Fsp3) is 0.278. The third-order valence-electron chi connectivity index (χ3n) is 4.15.